The van der Waals surface area contributed by atoms with E-state index in [-0.39, 0.29) is 11.4 Å². The molecule has 86 valence electrons. The lowest BCUT2D eigenvalue weighted by Gasteiger charge is -1.97. The van der Waals surface area contributed by atoms with Crippen molar-refractivity contribution in [2.24, 2.45) is 5.16 Å². The number of nitrogens with one attached hydrogen (secondary N) is 1. The Morgan fingerprint density at radius 1 is 1.69 bits per heavy atom. The number of carbonyl (C=O) groups is 2. The Balaban J connectivity index is 3.14. The molecule has 7 nitrogen and oxygen atoms in total. The van der Waals surface area contributed by atoms with Crippen LogP contribution in [0.3, 0.4) is 0 Å². The topological polar surface area (TPSA) is 101 Å². The number of amides is 1. The van der Waals surface area contributed by atoms with E-state index in [0.29, 0.717) is 16.4 Å². The second-order valence-corrected chi connectivity index (χ2v) is 3.82. The highest BCUT2D eigenvalue weighted by Crippen LogP contribution is 2.22. The maximum absolute atomic E-state index is 10.9. The van der Waals surface area contributed by atoms with Crippen molar-refractivity contribution in [2.75, 3.05) is 12.4 Å². The van der Waals surface area contributed by atoms with Gasteiger partial charge in [-0.3, -0.25) is 4.79 Å². The molecule has 2 N–H and O–H groups in total. The zero-order valence-corrected chi connectivity index (χ0v) is 9.37. The first kappa shape index (κ1) is 12.1. The van der Waals surface area contributed by atoms with E-state index in [2.05, 4.69) is 20.3 Å². The zero-order chi connectivity index (χ0) is 12.1. The van der Waals surface area contributed by atoms with E-state index in [4.69, 9.17) is 5.11 Å². The molecular formula is C8H9N3O4S. The molecule has 0 aliphatic carbocycles. The van der Waals surface area contributed by atoms with Crippen LogP contribution in [0.15, 0.2) is 5.16 Å². The molecule has 0 saturated heterocycles. The van der Waals surface area contributed by atoms with Crippen molar-refractivity contribution in [3.05, 3.63) is 10.6 Å². The number of carboxylic acid groups (broad SMARTS) is 1. The number of rotatable bonds is 5. The predicted molar refractivity (Wildman–Crippen MR) is 57.7 cm³/mol. The molecule has 1 amide bonds. The van der Waals surface area contributed by atoms with Gasteiger partial charge in [-0.25, -0.2) is 9.78 Å². The van der Waals surface area contributed by atoms with Crippen molar-refractivity contribution in [1.29, 1.82) is 0 Å². The number of hydrogen-bond acceptors (Lipinski definition) is 6. The fourth-order valence-electron chi connectivity index (χ4n) is 1.00. The van der Waals surface area contributed by atoms with Gasteiger partial charge < -0.3 is 15.3 Å². The van der Waals surface area contributed by atoms with Gasteiger partial charge in [0, 0.05) is 4.88 Å². The summed E-state index contributed by atoms with van der Waals surface area (Å²) in [4.78, 5) is 30.1. The van der Waals surface area contributed by atoms with E-state index in [1.165, 1.54) is 7.11 Å². The van der Waals surface area contributed by atoms with E-state index >= 15 is 0 Å². The molecular weight excluding hydrogens is 234 g/mol. The van der Waals surface area contributed by atoms with Crippen molar-refractivity contribution in [2.45, 2.75) is 6.92 Å². The van der Waals surface area contributed by atoms with Gasteiger partial charge in [-0.2, -0.15) is 0 Å². The van der Waals surface area contributed by atoms with E-state index < -0.39 is 5.97 Å². The molecule has 0 aromatic carbocycles. The number of carbonyl (C=O) groups excluding carboxylic acids is 1. The summed E-state index contributed by atoms with van der Waals surface area (Å²) in [5.74, 6) is -1.24. The van der Waals surface area contributed by atoms with E-state index in [1.54, 1.807) is 6.92 Å². The number of carboxylic acids is 1. The highest BCUT2D eigenvalue weighted by atomic mass is 32.1. The Bertz CT molecular complexity index is 440. The van der Waals surface area contributed by atoms with Crippen LogP contribution in [-0.2, 0) is 14.4 Å². The number of nitrogens with zero attached hydrogens (tertiary/aromatic N) is 2. The number of aliphatic carboxylic acids is 1. The molecule has 1 aromatic rings. The lowest BCUT2D eigenvalue weighted by atomic mass is 10.2. The molecule has 0 atom stereocenters. The van der Waals surface area contributed by atoms with Gasteiger partial charge >= 0.3 is 5.97 Å². The summed E-state index contributed by atoms with van der Waals surface area (Å²) in [6, 6.07) is 0. The molecule has 0 radical (unpaired) electrons. The smallest absolute Gasteiger partial charge is 0.360 e. The molecule has 8 heteroatoms. The van der Waals surface area contributed by atoms with Crippen molar-refractivity contribution in [3.63, 3.8) is 0 Å². The maximum atomic E-state index is 10.9. The monoisotopic (exact) mass is 243 g/mol. The van der Waals surface area contributed by atoms with Gasteiger partial charge in [0.25, 0.3) is 0 Å². The highest BCUT2D eigenvalue weighted by Gasteiger charge is 2.20. The van der Waals surface area contributed by atoms with E-state index in [1.807, 2.05) is 0 Å². The molecule has 1 rings (SSSR count). The molecule has 0 unspecified atom stereocenters. The first-order chi connectivity index (χ1) is 7.60. The van der Waals surface area contributed by atoms with E-state index in [9.17, 15) is 9.59 Å². The number of oxime groups is 1. The lowest BCUT2D eigenvalue weighted by molar-refractivity contribution is -0.129. The summed E-state index contributed by atoms with van der Waals surface area (Å²) in [7, 11) is 1.25. The highest BCUT2D eigenvalue weighted by molar-refractivity contribution is 7.16. The third kappa shape index (κ3) is 2.54. The average molecular weight is 243 g/mol. The molecule has 1 heterocycles. The van der Waals surface area contributed by atoms with Crippen LogP contribution < -0.4 is 5.32 Å². The zero-order valence-electron chi connectivity index (χ0n) is 8.55. The van der Waals surface area contributed by atoms with Gasteiger partial charge in [0.15, 0.2) is 5.13 Å². The van der Waals surface area contributed by atoms with Gasteiger partial charge in [0.1, 0.15) is 12.8 Å². The molecule has 0 saturated carbocycles. The van der Waals surface area contributed by atoms with Crippen LogP contribution in [0.25, 0.3) is 0 Å². The van der Waals surface area contributed by atoms with Crippen LogP contribution in [0.5, 0.6) is 0 Å². The number of anilines is 1. The Morgan fingerprint density at radius 2 is 2.38 bits per heavy atom. The summed E-state index contributed by atoms with van der Waals surface area (Å²) in [6.45, 7) is 1.68. The fraction of sp³-hybridized carbons (Fsp3) is 0.250. The SMILES string of the molecule is CO/N=C(\C(=O)O)c1nc(NC=O)sc1C. The van der Waals surface area contributed by atoms with Gasteiger partial charge in [-0.15, -0.1) is 11.3 Å². The first-order valence-corrected chi connectivity index (χ1v) is 4.94. The third-order valence-electron chi connectivity index (χ3n) is 1.59. The molecule has 0 fully saturated rings. The van der Waals surface area contributed by atoms with Crippen molar-refractivity contribution in [1.82, 2.24) is 4.98 Å². The van der Waals surface area contributed by atoms with Gasteiger partial charge in [0.05, 0.1) is 0 Å². The Kier molecular flexibility index (Phi) is 3.95. The van der Waals surface area contributed by atoms with Crippen LogP contribution in [0.4, 0.5) is 5.13 Å². The van der Waals surface area contributed by atoms with Gasteiger partial charge in [-0.05, 0) is 6.92 Å². The largest absolute Gasteiger partial charge is 0.476 e. The van der Waals surface area contributed by atoms with Crippen LogP contribution in [0.1, 0.15) is 10.6 Å². The van der Waals surface area contributed by atoms with Crippen LogP contribution in [0.2, 0.25) is 0 Å². The minimum atomic E-state index is -1.24. The Hall–Kier alpha value is -1.96. The summed E-state index contributed by atoms with van der Waals surface area (Å²) >= 11 is 1.16. The quantitative estimate of drug-likeness (QED) is 0.444. The number of hydrogen-bond donors (Lipinski definition) is 2. The maximum Gasteiger partial charge on any atom is 0.360 e. The molecule has 0 bridgehead atoms. The lowest BCUT2D eigenvalue weighted by Crippen LogP contribution is -2.16. The third-order valence-corrected chi connectivity index (χ3v) is 2.49. The molecule has 0 aliphatic heterocycles. The van der Waals surface area contributed by atoms with Crippen molar-refractivity contribution in [3.8, 4) is 0 Å². The molecule has 1 aromatic heterocycles. The van der Waals surface area contributed by atoms with Crippen LogP contribution in [-0.4, -0.2) is 35.3 Å². The summed E-state index contributed by atoms with van der Waals surface area (Å²) in [5, 5.41) is 14.9. The van der Waals surface area contributed by atoms with Crippen molar-refractivity contribution < 1.29 is 19.5 Å². The average Bonchev–Trinajstić information content (AvgIpc) is 2.56. The number of aryl methyl sites for hydroxylation is 1. The summed E-state index contributed by atoms with van der Waals surface area (Å²) < 4.78 is 0. The molecule has 16 heavy (non-hydrogen) atoms. The van der Waals surface area contributed by atoms with Crippen LogP contribution in [0, 0.1) is 6.92 Å². The molecule has 0 spiro atoms. The van der Waals surface area contributed by atoms with Crippen LogP contribution >= 0.6 is 11.3 Å². The normalized spacial score (nSPS) is 11.0. The number of thiazole rings is 1. The number of aromatic nitrogens is 1. The van der Waals surface area contributed by atoms with Gasteiger partial charge in [-0.1, -0.05) is 5.16 Å². The Morgan fingerprint density at radius 3 is 2.88 bits per heavy atom. The second kappa shape index (κ2) is 5.21. The fourth-order valence-corrected chi connectivity index (χ4v) is 1.78. The van der Waals surface area contributed by atoms with Crippen molar-refractivity contribution >= 4 is 34.6 Å². The van der Waals surface area contributed by atoms with Gasteiger partial charge in [0.2, 0.25) is 12.1 Å². The predicted octanol–water partition coefficient (Wildman–Crippen LogP) is 0.455. The minimum Gasteiger partial charge on any atom is -0.476 e. The summed E-state index contributed by atoms with van der Waals surface area (Å²) in [5.41, 5.74) is -0.112. The first-order valence-electron chi connectivity index (χ1n) is 4.12. The Labute approximate surface area is 94.7 Å². The molecule has 0 aliphatic rings. The van der Waals surface area contributed by atoms with E-state index in [0.717, 1.165) is 11.3 Å². The minimum absolute atomic E-state index is 0.184. The second-order valence-electron chi connectivity index (χ2n) is 2.61. The summed E-state index contributed by atoms with van der Waals surface area (Å²) in [6.07, 6.45) is 0.468. The standard InChI is InChI=1S/C8H9N3O4S/c1-4-5(6(7(13)14)11-15-2)10-8(16-4)9-3-12/h3H,1-2H3,(H,13,14)(H,9,10,12)/b11-6-.